The quantitative estimate of drug-likeness (QED) is 0.657. The van der Waals surface area contributed by atoms with E-state index in [2.05, 4.69) is 20.9 Å². The first kappa shape index (κ1) is 8.40. The Balaban J connectivity index is 2.91. The molecule has 1 aromatic rings. The van der Waals surface area contributed by atoms with E-state index in [1.807, 2.05) is 0 Å². The molecule has 0 atom stereocenters. The zero-order valence-corrected chi connectivity index (χ0v) is 7.60. The standard InChI is InChI=1S/C8H7BrFN/c1-6(10)4-7-2-3-8(9)11-5-7/h2-5H,1H3/b6-4+. The van der Waals surface area contributed by atoms with Gasteiger partial charge in [0.2, 0.25) is 0 Å². The summed E-state index contributed by atoms with van der Waals surface area (Å²) in [5.41, 5.74) is 0.771. The molecule has 3 heteroatoms. The van der Waals surface area contributed by atoms with E-state index in [-0.39, 0.29) is 5.83 Å². The van der Waals surface area contributed by atoms with Gasteiger partial charge in [0, 0.05) is 6.20 Å². The molecule has 1 rings (SSSR count). The smallest absolute Gasteiger partial charge is 0.106 e. The lowest BCUT2D eigenvalue weighted by molar-refractivity contribution is 0.648. The number of nitrogens with zero attached hydrogens (tertiary/aromatic N) is 1. The fourth-order valence-corrected chi connectivity index (χ4v) is 0.937. The third-order valence-electron chi connectivity index (χ3n) is 1.12. The zero-order valence-electron chi connectivity index (χ0n) is 6.01. The molecule has 0 aromatic carbocycles. The highest BCUT2D eigenvalue weighted by Crippen LogP contribution is 2.09. The molecule has 0 saturated carbocycles. The number of rotatable bonds is 1. The summed E-state index contributed by atoms with van der Waals surface area (Å²) in [6.07, 6.45) is 3.03. The summed E-state index contributed by atoms with van der Waals surface area (Å²) >= 11 is 3.19. The Labute approximate surface area is 73.1 Å². The van der Waals surface area contributed by atoms with E-state index >= 15 is 0 Å². The van der Waals surface area contributed by atoms with Crippen molar-refractivity contribution in [3.63, 3.8) is 0 Å². The van der Waals surface area contributed by atoms with E-state index in [1.54, 1.807) is 18.3 Å². The molecule has 0 bridgehead atoms. The van der Waals surface area contributed by atoms with Crippen molar-refractivity contribution in [1.29, 1.82) is 0 Å². The summed E-state index contributed by atoms with van der Waals surface area (Å²) in [7, 11) is 0. The molecule has 0 N–H and O–H groups in total. The first-order chi connectivity index (χ1) is 5.18. The van der Waals surface area contributed by atoms with Crippen molar-refractivity contribution in [1.82, 2.24) is 4.98 Å². The second-order valence-electron chi connectivity index (χ2n) is 2.15. The normalized spacial score (nSPS) is 11.7. The van der Waals surface area contributed by atoms with Gasteiger partial charge in [0.25, 0.3) is 0 Å². The molecule has 0 aliphatic rings. The predicted molar refractivity (Wildman–Crippen MR) is 46.7 cm³/mol. The van der Waals surface area contributed by atoms with Crippen LogP contribution in [0.5, 0.6) is 0 Å². The monoisotopic (exact) mass is 215 g/mol. The third-order valence-corrected chi connectivity index (χ3v) is 1.58. The zero-order chi connectivity index (χ0) is 8.27. The Morgan fingerprint density at radius 3 is 2.82 bits per heavy atom. The van der Waals surface area contributed by atoms with Gasteiger partial charge in [-0.25, -0.2) is 9.37 Å². The molecular weight excluding hydrogens is 209 g/mol. The third kappa shape index (κ3) is 2.80. The van der Waals surface area contributed by atoms with Crippen molar-refractivity contribution in [2.24, 2.45) is 0 Å². The summed E-state index contributed by atoms with van der Waals surface area (Å²) in [4.78, 5) is 3.94. The van der Waals surface area contributed by atoms with Crippen LogP contribution < -0.4 is 0 Å². The van der Waals surface area contributed by atoms with Crippen molar-refractivity contribution < 1.29 is 4.39 Å². The van der Waals surface area contributed by atoms with Crippen molar-refractivity contribution in [2.75, 3.05) is 0 Å². The summed E-state index contributed by atoms with van der Waals surface area (Å²) in [6.45, 7) is 1.40. The van der Waals surface area contributed by atoms with Gasteiger partial charge < -0.3 is 0 Å². The topological polar surface area (TPSA) is 12.9 Å². The summed E-state index contributed by atoms with van der Waals surface area (Å²) in [6, 6.07) is 3.56. The van der Waals surface area contributed by atoms with E-state index in [9.17, 15) is 4.39 Å². The minimum Gasteiger partial charge on any atom is -0.249 e. The largest absolute Gasteiger partial charge is 0.249 e. The molecule has 1 aromatic heterocycles. The summed E-state index contributed by atoms with van der Waals surface area (Å²) in [5.74, 6) is -0.214. The predicted octanol–water partition coefficient (Wildman–Crippen LogP) is 3.17. The molecule has 1 nitrogen and oxygen atoms in total. The van der Waals surface area contributed by atoms with Crippen molar-refractivity contribution >= 4 is 22.0 Å². The van der Waals surface area contributed by atoms with Crippen LogP contribution in [-0.4, -0.2) is 4.98 Å². The van der Waals surface area contributed by atoms with Gasteiger partial charge in [-0.1, -0.05) is 6.07 Å². The molecule has 0 aliphatic carbocycles. The van der Waals surface area contributed by atoms with E-state index in [4.69, 9.17) is 0 Å². The lowest BCUT2D eigenvalue weighted by Crippen LogP contribution is -1.76. The lowest BCUT2D eigenvalue weighted by Gasteiger charge is -1.91. The van der Waals surface area contributed by atoms with Gasteiger partial charge in [0.15, 0.2) is 0 Å². The number of pyridine rings is 1. The second-order valence-corrected chi connectivity index (χ2v) is 2.96. The molecule has 0 saturated heterocycles. The van der Waals surface area contributed by atoms with Crippen LogP contribution in [0.3, 0.4) is 0 Å². The molecule has 1 heterocycles. The summed E-state index contributed by atoms with van der Waals surface area (Å²) < 4.78 is 13.1. The molecule has 0 amide bonds. The maximum Gasteiger partial charge on any atom is 0.106 e. The minimum absolute atomic E-state index is 0.214. The number of aromatic nitrogens is 1. The molecule has 11 heavy (non-hydrogen) atoms. The number of allylic oxidation sites excluding steroid dienone is 1. The van der Waals surface area contributed by atoms with Gasteiger partial charge in [-0.15, -0.1) is 0 Å². The molecule has 0 spiro atoms. The Kier molecular flexibility index (Phi) is 2.76. The average molecular weight is 216 g/mol. The highest BCUT2D eigenvalue weighted by Gasteiger charge is 1.89. The molecule has 0 unspecified atom stereocenters. The van der Waals surface area contributed by atoms with Crippen LogP contribution in [0, 0.1) is 0 Å². The van der Waals surface area contributed by atoms with Crippen LogP contribution in [0.4, 0.5) is 4.39 Å². The van der Waals surface area contributed by atoms with Crippen LogP contribution >= 0.6 is 15.9 Å². The first-order valence-corrected chi connectivity index (χ1v) is 3.93. The first-order valence-electron chi connectivity index (χ1n) is 3.14. The van der Waals surface area contributed by atoms with Gasteiger partial charge in [0.1, 0.15) is 4.60 Å². The fourth-order valence-electron chi connectivity index (χ4n) is 0.702. The minimum atomic E-state index is -0.214. The van der Waals surface area contributed by atoms with Crippen molar-refractivity contribution in [3.05, 3.63) is 34.3 Å². The van der Waals surface area contributed by atoms with Crippen LogP contribution in [0.1, 0.15) is 12.5 Å². The van der Waals surface area contributed by atoms with Gasteiger partial charge in [-0.05, 0) is 40.6 Å². The van der Waals surface area contributed by atoms with E-state index in [0.717, 1.165) is 10.2 Å². The summed E-state index contributed by atoms with van der Waals surface area (Å²) in [5, 5.41) is 0. The van der Waals surface area contributed by atoms with Crippen molar-refractivity contribution in [2.45, 2.75) is 6.92 Å². The molecule has 0 fully saturated rings. The lowest BCUT2D eigenvalue weighted by atomic mass is 10.2. The van der Waals surface area contributed by atoms with Crippen molar-refractivity contribution in [3.8, 4) is 0 Å². The van der Waals surface area contributed by atoms with Crippen LogP contribution in [0.25, 0.3) is 6.08 Å². The van der Waals surface area contributed by atoms with Gasteiger partial charge in [0.05, 0.1) is 5.83 Å². The highest BCUT2D eigenvalue weighted by atomic mass is 79.9. The maximum absolute atomic E-state index is 12.3. The number of hydrogen-bond donors (Lipinski definition) is 0. The van der Waals surface area contributed by atoms with Crippen LogP contribution in [-0.2, 0) is 0 Å². The SMILES string of the molecule is C/C(F)=C\c1ccc(Br)nc1. The number of hydrogen-bond acceptors (Lipinski definition) is 1. The van der Waals surface area contributed by atoms with Gasteiger partial charge >= 0.3 is 0 Å². The van der Waals surface area contributed by atoms with Crippen LogP contribution in [0.15, 0.2) is 28.8 Å². The van der Waals surface area contributed by atoms with E-state index in [0.29, 0.717) is 0 Å². The van der Waals surface area contributed by atoms with Crippen LogP contribution in [0.2, 0.25) is 0 Å². The number of halogens is 2. The molecule has 0 radical (unpaired) electrons. The van der Waals surface area contributed by atoms with E-state index < -0.39 is 0 Å². The average Bonchev–Trinajstić information content (AvgIpc) is 1.93. The Morgan fingerprint density at radius 2 is 2.36 bits per heavy atom. The Hall–Kier alpha value is -0.700. The molecular formula is C8H7BrFN. The van der Waals surface area contributed by atoms with Gasteiger partial charge in [-0.2, -0.15) is 0 Å². The Morgan fingerprint density at radius 1 is 1.64 bits per heavy atom. The fraction of sp³-hybridized carbons (Fsp3) is 0.125. The second kappa shape index (κ2) is 3.62. The maximum atomic E-state index is 12.3. The van der Waals surface area contributed by atoms with Gasteiger partial charge in [-0.3, -0.25) is 0 Å². The molecule has 58 valence electrons. The Bertz CT molecular complexity index is 262. The highest BCUT2D eigenvalue weighted by molar-refractivity contribution is 9.10. The molecule has 0 aliphatic heterocycles. The van der Waals surface area contributed by atoms with E-state index in [1.165, 1.54) is 13.0 Å².